The van der Waals surface area contributed by atoms with E-state index in [-0.39, 0.29) is 0 Å². The van der Waals surface area contributed by atoms with Crippen molar-refractivity contribution in [3.8, 4) is 11.5 Å². The number of anilines is 1. The molecule has 9 nitrogen and oxygen atoms in total. The van der Waals surface area contributed by atoms with E-state index in [4.69, 9.17) is 25.4 Å². The number of rotatable bonds is 13. The first-order valence-corrected chi connectivity index (χ1v) is 12.5. The predicted octanol–water partition coefficient (Wildman–Crippen LogP) is 4.81. The topological polar surface area (TPSA) is 144 Å². The van der Waals surface area contributed by atoms with E-state index in [1.54, 1.807) is 7.11 Å². The van der Waals surface area contributed by atoms with Crippen LogP contribution in [0.1, 0.15) is 37.3 Å². The number of carboxylic acid groups (broad SMARTS) is 2. The molecule has 1 unspecified atom stereocenters. The van der Waals surface area contributed by atoms with E-state index in [1.807, 2.05) is 24.4 Å². The van der Waals surface area contributed by atoms with Crippen LogP contribution < -0.4 is 20.5 Å². The van der Waals surface area contributed by atoms with E-state index in [9.17, 15) is 9.59 Å². The van der Waals surface area contributed by atoms with E-state index >= 15 is 0 Å². The highest BCUT2D eigenvalue weighted by Crippen LogP contribution is 2.41. The first-order valence-electron chi connectivity index (χ1n) is 12.5. The molecule has 5 N–H and O–H groups in total. The molecule has 2 aromatic carbocycles. The summed E-state index contributed by atoms with van der Waals surface area (Å²) in [6.45, 7) is 5.57. The van der Waals surface area contributed by atoms with E-state index in [0.717, 1.165) is 59.3 Å². The monoisotopic (exact) mass is 523 g/mol. The van der Waals surface area contributed by atoms with Crippen molar-refractivity contribution in [3.05, 3.63) is 71.9 Å². The maximum Gasteiger partial charge on any atom is 0.328 e. The summed E-state index contributed by atoms with van der Waals surface area (Å²) in [4.78, 5) is 23.8. The number of fused-ring (bicyclic) bond motifs is 1. The molecule has 0 saturated carbocycles. The second-order valence-electron chi connectivity index (χ2n) is 8.73. The number of ether oxygens (including phenoxy) is 2. The average molecular weight is 524 g/mol. The van der Waals surface area contributed by atoms with E-state index in [1.165, 1.54) is 5.56 Å². The molecule has 38 heavy (non-hydrogen) atoms. The summed E-state index contributed by atoms with van der Waals surface area (Å²) in [6, 6.07) is 14.8. The normalized spacial score (nSPS) is 11.5. The Hall–Kier alpha value is -4.11. The number of nitrogens with two attached hydrogens (primary N) is 1. The predicted molar refractivity (Wildman–Crippen MR) is 149 cm³/mol. The third kappa shape index (κ3) is 9.74. The van der Waals surface area contributed by atoms with Crippen molar-refractivity contribution in [3.63, 3.8) is 0 Å². The van der Waals surface area contributed by atoms with Crippen molar-refractivity contribution in [2.24, 2.45) is 5.73 Å². The minimum atomic E-state index is -1.26. The Balaban J connectivity index is 0.000000550. The van der Waals surface area contributed by atoms with Crippen LogP contribution in [0.3, 0.4) is 0 Å². The zero-order valence-corrected chi connectivity index (χ0v) is 22.1. The Morgan fingerprint density at radius 3 is 2.39 bits per heavy atom. The van der Waals surface area contributed by atoms with Crippen LogP contribution in [0.5, 0.6) is 11.5 Å². The summed E-state index contributed by atoms with van der Waals surface area (Å²) in [5.41, 5.74) is 9.98. The van der Waals surface area contributed by atoms with E-state index < -0.39 is 11.9 Å². The number of pyridine rings is 1. The number of nitrogens with zero attached hydrogens (tertiary/aromatic N) is 1. The average Bonchev–Trinajstić information content (AvgIpc) is 2.90. The zero-order chi connectivity index (χ0) is 27.9. The van der Waals surface area contributed by atoms with Gasteiger partial charge in [0.25, 0.3) is 0 Å². The van der Waals surface area contributed by atoms with Crippen LogP contribution in [0.15, 0.2) is 60.8 Å². The Labute approximate surface area is 223 Å². The number of methoxy groups -OCH3 is 1. The molecule has 0 amide bonds. The molecule has 0 aliphatic rings. The highest BCUT2D eigenvalue weighted by molar-refractivity contribution is 5.99. The van der Waals surface area contributed by atoms with Gasteiger partial charge in [-0.3, -0.25) is 4.98 Å². The van der Waals surface area contributed by atoms with Crippen LogP contribution in [0.2, 0.25) is 0 Å². The first kappa shape index (κ1) is 30.1. The van der Waals surface area contributed by atoms with Crippen LogP contribution in [0, 0.1) is 6.92 Å². The highest BCUT2D eigenvalue weighted by atomic mass is 16.5. The van der Waals surface area contributed by atoms with Gasteiger partial charge < -0.3 is 30.7 Å². The molecular formula is C29H37N3O6. The molecule has 3 aromatic rings. The summed E-state index contributed by atoms with van der Waals surface area (Å²) >= 11 is 0. The number of aromatic nitrogens is 1. The minimum absolute atomic E-state index is 0.293. The number of carboxylic acids is 2. The minimum Gasteiger partial charge on any atom is -0.493 e. The summed E-state index contributed by atoms with van der Waals surface area (Å²) in [5.74, 6) is -1.02. The van der Waals surface area contributed by atoms with Crippen LogP contribution in [0.4, 0.5) is 5.69 Å². The van der Waals surface area contributed by atoms with E-state index in [2.05, 4.69) is 48.4 Å². The van der Waals surface area contributed by atoms with Gasteiger partial charge in [0, 0.05) is 30.5 Å². The summed E-state index contributed by atoms with van der Waals surface area (Å²) in [5, 5.41) is 20.2. The van der Waals surface area contributed by atoms with Gasteiger partial charge in [0.1, 0.15) is 0 Å². The molecule has 0 radical (unpaired) electrons. The summed E-state index contributed by atoms with van der Waals surface area (Å²) in [7, 11) is 1.69. The zero-order valence-electron chi connectivity index (χ0n) is 22.1. The van der Waals surface area contributed by atoms with Gasteiger partial charge in [-0.2, -0.15) is 0 Å². The van der Waals surface area contributed by atoms with Crippen molar-refractivity contribution in [2.45, 2.75) is 45.6 Å². The Kier molecular flexibility index (Phi) is 12.6. The standard InChI is InChI=1S/C25H33N3O2.C4H4O4/c1-18-13-15-27-24-21(28-19(2)9-7-14-26)17-22(29-3)25(23(18)24)30-16-8-12-20-10-5-4-6-11-20;5-3(6)1-2-4(7)8/h4-6,10-11,13,15,17,19,28H,7-9,12,14,16,26H2,1-3H3;1-2H,(H,5,6)(H,7,8). The van der Waals surface area contributed by atoms with Crippen molar-refractivity contribution in [2.75, 3.05) is 25.6 Å². The van der Waals surface area contributed by atoms with Gasteiger partial charge in [0.15, 0.2) is 11.5 Å². The molecule has 0 aliphatic heterocycles. The Bertz CT molecular complexity index is 1200. The summed E-state index contributed by atoms with van der Waals surface area (Å²) in [6.07, 6.45) is 6.87. The largest absolute Gasteiger partial charge is 0.493 e. The number of hydrogen-bond acceptors (Lipinski definition) is 7. The quantitative estimate of drug-likeness (QED) is 0.183. The maximum atomic E-state index is 9.55. The molecule has 1 atom stereocenters. The van der Waals surface area contributed by atoms with Crippen molar-refractivity contribution >= 4 is 28.5 Å². The number of aryl methyl sites for hydroxylation is 2. The fourth-order valence-corrected chi connectivity index (χ4v) is 3.84. The first-order chi connectivity index (χ1) is 18.3. The molecule has 9 heteroatoms. The van der Waals surface area contributed by atoms with Crippen LogP contribution in [-0.2, 0) is 16.0 Å². The van der Waals surface area contributed by atoms with Gasteiger partial charge in [-0.05, 0) is 63.3 Å². The van der Waals surface area contributed by atoms with Crippen molar-refractivity contribution in [1.82, 2.24) is 4.98 Å². The smallest absolute Gasteiger partial charge is 0.328 e. The second-order valence-corrected chi connectivity index (χ2v) is 8.73. The third-order valence-electron chi connectivity index (χ3n) is 5.67. The second kappa shape index (κ2) is 15.9. The lowest BCUT2D eigenvalue weighted by Gasteiger charge is -2.20. The summed E-state index contributed by atoms with van der Waals surface area (Å²) < 4.78 is 12.0. The molecule has 1 heterocycles. The lowest BCUT2D eigenvalue weighted by molar-refractivity contribution is -0.134. The Morgan fingerprint density at radius 1 is 1.11 bits per heavy atom. The van der Waals surface area contributed by atoms with Crippen LogP contribution in [0.25, 0.3) is 10.9 Å². The third-order valence-corrected chi connectivity index (χ3v) is 5.67. The fraction of sp³-hybridized carbons (Fsp3) is 0.345. The van der Waals surface area contributed by atoms with Gasteiger partial charge in [-0.25, -0.2) is 9.59 Å². The maximum absolute atomic E-state index is 9.55. The van der Waals surface area contributed by atoms with Crippen molar-refractivity contribution < 1.29 is 29.3 Å². The number of hydrogen-bond donors (Lipinski definition) is 4. The van der Waals surface area contributed by atoms with E-state index in [0.29, 0.717) is 31.3 Å². The number of aliphatic carboxylic acids is 2. The van der Waals surface area contributed by atoms with Gasteiger partial charge in [-0.15, -0.1) is 0 Å². The van der Waals surface area contributed by atoms with Gasteiger partial charge >= 0.3 is 11.9 Å². The molecule has 0 saturated heterocycles. The van der Waals surface area contributed by atoms with Crippen molar-refractivity contribution in [1.29, 1.82) is 0 Å². The van der Waals surface area contributed by atoms with Gasteiger partial charge in [0.05, 0.1) is 30.3 Å². The van der Waals surface area contributed by atoms with Crippen LogP contribution >= 0.6 is 0 Å². The molecule has 0 bridgehead atoms. The van der Waals surface area contributed by atoms with Gasteiger partial charge in [-0.1, -0.05) is 30.3 Å². The lowest BCUT2D eigenvalue weighted by Crippen LogP contribution is -2.17. The highest BCUT2D eigenvalue weighted by Gasteiger charge is 2.18. The number of carbonyl (C=O) groups is 2. The number of nitrogens with one attached hydrogen (secondary N) is 1. The fourth-order valence-electron chi connectivity index (χ4n) is 3.84. The number of benzene rings is 2. The molecule has 204 valence electrons. The van der Waals surface area contributed by atoms with Crippen LogP contribution in [-0.4, -0.2) is 53.4 Å². The molecule has 0 spiro atoms. The lowest BCUT2D eigenvalue weighted by atomic mass is 10.1. The molecule has 3 rings (SSSR count). The molecule has 1 aromatic heterocycles. The molecule has 0 fully saturated rings. The molecular weight excluding hydrogens is 486 g/mol. The SMILES string of the molecule is COc1cc(NC(C)CCCN)c2nccc(C)c2c1OCCCc1ccccc1.O=C(O)C=CC(=O)O. The molecule has 0 aliphatic carbocycles. The van der Waals surface area contributed by atoms with Gasteiger partial charge in [0.2, 0.25) is 0 Å². The Morgan fingerprint density at radius 2 is 1.79 bits per heavy atom.